The van der Waals surface area contributed by atoms with Crippen molar-refractivity contribution in [1.29, 1.82) is 0 Å². The van der Waals surface area contributed by atoms with E-state index >= 15 is 0 Å². The fourth-order valence-electron chi connectivity index (χ4n) is 1.69. The van der Waals surface area contributed by atoms with Crippen LogP contribution in [0.3, 0.4) is 0 Å². The average molecular weight is 336 g/mol. The summed E-state index contributed by atoms with van der Waals surface area (Å²) in [6.45, 7) is 2.48. The lowest BCUT2D eigenvalue weighted by molar-refractivity contribution is 0.162. The molecule has 0 aliphatic carbocycles. The minimum Gasteiger partial charge on any atom is -0.383 e. The monoisotopic (exact) mass is 335 g/mol. The van der Waals surface area contributed by atoms with Gasteiger partial charge < -0.3 is 15.4 Å². The Kier molecular flexibility index (Phi) is 7.58. The number of nitrogens with zero attached hydrogens (tertiary/aromatic N) is 1. The van der Waals surface area contributed by atoms with Crippen molar-refractivity contribution in [3.63, 3.8) is 0 Å². The summed E-state index contributed by atoms with van der Waals surface area (Å²) in [5, 5.41) is 0.187. The Balaban J connectivity index is 2.65. The van der Waals surface area contributed by atoms with E-state index in [1.54, 1.807) is 19.2 Å². The van der Waals surface area contributed by atoms with Crippen LogP contribution in [-0.4, -0.2) is 53.7 Å². The van der Waals surface area contributed by atoms with Gasteiger partial charge in [0.1, 0.15) is 4.90 Å². The molecule has 0 atom stereocenters. The molecule has 0 bridgehead atoms. The summed E-state index contributed by atoms with van der Waals surface area (Å²) < 4.78 is 32.0. The highest BCUT2D eigenvalue weighted by Gasteiger charge is 2.18. The van der Waals surface area contributed by atoms with Crippen molar-refractivity contribution in [3.8, 4) is 0 Å². The molecule has 1 aromatic rings. The van der Waals surface area contributed by atoms with Gasteiger partial charge in [-0.05, 0) is 24.7 Å². The molecule has 0 fully saturated rings. The number of nitrogens with two attached hydrogens (primary N) is 1. The zero-order chi connectivity index (χ0) is 15.9. The number of likely N-dealkylation sites (N-methyl/N-ethyl adjacent to an activating group) is 1. The average Bonchev–Trinajstić information content (AvgIpc) is 2.45. The predicted molar refractivity (Wildman–Crippen MR) is 83.9 cm³/mol. The number of ether oxygens (including phenoxy) is 1. The molecule has 120 valence electrons. The van der Waals surface area contributed by atoms with Crippen molar-refractivity contribution in [2.45, 2.75) is 11.4 Å². The SMILES string of the molecule is COCCN(C)CCNS(=O)(=O)c1cc(CN)ccc1Cl. The number of hydrogen-bond acceptors (Lipinski definition) is 5. The van der Waals surface area contributed by atoms with Crippen molar-refractivity contribution in [2.24, 2.45) is 5.73 Å². The van der Waals surface area contributed by atoms with Crippen LogP contribution in [-0.2, 0) is 21.3 Å². The molecule has 3 N–H and O–H groups in total. The van der Waals surface area contributed by atoms with E-state index in [1.165, 1.54) is 6.07 Å². The van der Waals surface area contributed by atoms with Gasteiger partial charge in [0.25, 0.3) is 0 Å². The van der Waals surface area contributed by atoms with Crippen molar-refractivity contribution >= 4 is 21.6 Å². The molecule has 0 heterocycles. The summed E-state index contributed by atoms with van der Waals surface area (Å²) in [6.07, 6.45) is 0. The molecule has 8 heteroatoms. The number of sulfonamides is 1. The van der Waals surface area contributed by atoms with Gasteiger partial charge in [0.15, 0.2) is 0 Å². The first-order valence-corrected chi connectivity index (χ1v) is 8.42. The first-order valence-electron chi connectivity index (χ1n) is 6.56. The van der Waals surface area contributed by atoms with Crippen molar-refractivity contribution in [2.75, 3.05) is 40.4 Å². The summed E-state index contributed by atoms with van der Waals surface area (Å²) >= 11 is 5.96. The Labute approximate surface area is 131 Å². The number of hydrogen-bond donors (Lipinski definition) is 2. The molecule has 0 saturated carbocycles. The maximum Gasteiger partial charge on any atom is 0.242 e. The Morgan fingerprint density at radius 2 is 2.10 bits per heavy atom. The molecule has 0 unspecified atom stereocenters. The number of rotatable bonds is 9. The minimum atomic E-state index is -3.64. The third-order valence-corrected chi connectivity index (χ3v) is 4.93. The lowest BCUT2D eigenvalue weighted by Gasteiger charge is -2.16. The van der Waals surface area contributed by atoms with Crippen LogP contribution in [0.25, 0.3) is 0 Å². The Bertz CT molecular complexity index is 552. The van der Waals surface area contributed by atoms with Gasteiger partial charge in [-0.2, -0.15) is 0 Å². The van der Waals surface area contributed by atoms with E-state index in [4.69, 9.17) is 22.1 Å². The van der Waals surface area contributed by atoms with Gasteiger partial charge in [-0.25, -0.2) is 13.1 Å². The Morgan fingerprint density at radius 1 is 1.38 bits per heavy atom. The summed E-state index contributed by atoms with van der Waals surface area (Å²) in [6, 6.07) is 4.75. The van der Waals surface area contributed by atoms with Crippen LogP contribution in [0.4, 0.5) is 0 Å². The Hall–Kier alpha value is -0.700. The summed E-state index contributed by atoms with van der Waals surface area (Å²) in [4.78, 5) is 2.04. The lowest BCUT2D eigenvalue weighted by Crippen LogP contribution is -2.34. The van der Waals surface area contributed by atoms with Gasteiger partial charge in [-0.1, -0.05) is 17.7 Å². The largest absolute Gasteiger partial charge is 0.383 e. The fourth-order valence-corrected chi connectivity index (χ4v) is 3.26. The third-order valence-electron chi connectivity index (χ3n) is 2.98. The lowest BCUT2D eigenvalue weighted by atomic mass is 10.2. The molecular formula is C13H22ClN3O3S. The van der Waals surface area contributed by atoms with E-state index in [1.807, 2.05) is 11.9 Å². The van der Waals surface area contributed by atoms with E-state index in [2.05, 4.69) is 4.72 Å². The summed E-state index contributed by atoms with van der Waals surface area (Å²) in [7, 11) is -0.109. The zero-order valence-electron chi connectivity index (χ0n) is 12.3. The molecule has 1 rings (SSSR count). The smallest absolute Gasteiger partial charge is 0.242 e. The normalized spacial score (nSPS) is 12.0. The van der Waals surface area contributed by atoms with E-state index in [0.29, 0.717) is 19.7 Å². The molecule has 21 heavy (non-hydrogen) atoms. The molecule has 0 aliphatic heterocycles. The second-order valence-corrected chi connectivity index (χ2v) is 6.81. The second kappa shape index (κ2) is 8.67. The van der Waals surface area contributed by atoms with Crippen LogP contribution in [0.2, 0.25) is 5.02 Å². The molecule has 6 nitrogen and oxygen atoms in total. The maximum absolute atomic E-state index is 12.2. The van der Waals surface area contributed by atoms with Gasteiger partial charge in [0.05, 0.1) is 11.6 Å². The Morgan fingerprint density at radius 3 is 2.71 bits per heavy atom. The zero-order valence-corrected chi connectivity index (χ0v) is 13.9. The minimum absolute atomic E-state index is 0.0617. The highest BCUT2D eigenvalue weighted by Crippen LogP contribution is 2.22. The molecule has 0 saturated heterocycles. The fraction of sp³-hybridized carbons (Fsp3) is 0.538. The number of benzene rings is 1. The quantitative estimate of drug-likeness (QED) is 0.692. The molecule has 0 amide bonds. The van der Waals surface area contributed by atoms with Crippen LogP contribution in [0, 0.1) is 0 Å². The van der Waals surface area contributed by atoms with Crippen molar-refractivity contribution in [1.82, 2.24) is 9.62 Å². The second-order valence-electron chi connectivity index (χ2n) is 4.66. The maximum atomic E-state index is 12.2. The van der Waals surface area contributed by atoms with Crippen LogP contribution in [0.1, 0.15) is 5.56 Å². The third kappa shape index (κ3) is 5.90. The number of halogens is 1. The van der Waals surface area contributed by atoms with Gasteiger partial charge >= 0.3 is 0 Å². The highest BCUT2D eigenvalue weighted by atomic mass is 35.5. The molecular weight excluding hydrogens is 314 g/mol. The molecule has 0 radical (unpaired) electrons. The molecule has 0 spiro atoms. The van der Waals surface area contributed by atoms with E-state index in [-0.39, 0.29) is 16.5 Å². The standard InChI is InChI=1S/C13H22ClN3O3S/c1-17(7-8-20-2)6-5-16-21(18,19)13-9-11(10-15)3-4-12(13)14/h3-4,9,16H,5-8,10,15H2,1-2H3. The van der Waals surface area contributed by atoms with Gasteiger partial charge in [-0.3, -0.25) is 0 Å². The van der Waals surface area contributed by atoms with E-state index in [9.17, 15) is 8.42 Å². The van der Waals surface area contributed by atoms with Crippen LogP contribution in [0.5, 0.6) is 0 Å². The molecule has 1 aromatic carbocycles. The molecule has 0 aromatic heterocycles. The first-order chi connectivity index (χ1) is 9.90. The predicted octanol–water partition coefficient (Wildman–Crippen LogP) is 0.655. The van der Waals surface area contributed by atoms with Crippen LogP contribution >= 0.6 is 11.6 Å². The van der Waals surface area contributed by atoms with Crippen LogP contribution in [0.15, 0.2) is 23.1 Å². The van der Waals surface area contributed by atoms with Gasteiger partial charge in [0.2, 0.25) is 10.0 Å². The highest BCUT2D eigenvalue weighted by molar-refractivity contribution is 7.89. The van der Waals surface area contributed by atoms with E-state index < -0.39 is 10.0 Å². The van der Waals surface area contributed by atoms with Crippen LogP contribution < -0.4 is 10.5 Å². The summed E-state index contributed by atoms with van der Waals surface area (Å²) in [5.41, 5.74) is 6.24. The van der Waals surface area contributed by atoms with Crippen molar-refractivity contribution < 1.29 is 13.2 Å². The van der Waals surface area contributed by atoms with Gasteiger partial charge in [-0.15, -0.1) is 0 Å². The number of nitrogens with one attached hydrogen (secondary N) is 1. The van der Waals surface area contributed by atoms with Gasteiger partial charge in [0, 0.05) is 33.3 Å². The first kappa shape index (κ1) is 18.3. The topological polar surface area (TPSA) is 84.7 Å². The molecule has 0 aliphatic rings. The van der Waals surface area contributed by atoms with Crippen molar-refractivity contribution in [3.05, 3.63) is 28.8 Å². The number of methoxy groups -OCH3 is 1. The van der Waals surface area contributed by atoms with E-state index in [0.717, 1.165) is 12.1 Å². The summed E-state index contributed by atoms with van der Waals surface area (Å²) in [5.74, 6) is 0.